The lowest BCUT2D eigenvalue weighted by Gasteiger charge is -2.10. The average molecular weight is 448 g/mol. The quantitative estimate of drug-likeness (QED) is 0.159. The van der Waals surface area contributed by atoms with Gasteiger partial charge >= 0.3 is 11.9 Å². The predicted molar refractivity (Wildman–Crippen MR) is 120 cm³/mol. The molecule has 0 atom stereocenters. The SMILES string of the molecule is CC(=O)Oc1cc(OC(C)=O)c2c(=O)c3cccc(/C=N/Nc4ccc(F)cc4)c3oc2c1. The average Bonchev–Trinajstić information content (AvgIpc) is 2.74. The highest BCUT2D eigenvalue weighted by Gasteiger charge is 2.18. The molecule has 0 radical (unpaired) electrons. The van der Waals surface area contributed by atoms with Crippen molar-refractivity contribution in [2.45, 2.75) is 13.8 Å². The van der Waals surface area contributed by atoms with E-state index in [1.165, 1.54) is 56.5 Å². The van der Waals surface area contributed by atoms with E-state index in [-0.39, 0.29) is 39.3 Å². The topological polar surface area (TPSA) is 107 Å². The molecule has 1 heterocycles. The first-order chi connectivity index (χ1) is 15.8. The number of carbonyl (C=O) groups is 2. The zero-order chi connectivity index (χ0) is 23.5. The van der Waals surface area contributed by atoms with Gasteiger partial charge in [-0.1, -0.05) is 6.07 Å². The van der Waals surface area contributed by atoms with Crippen molar-refractivity contribution in [3.8, 4) is 11.5 Å². The van der Waals surface area contributed by atoms with Gasteiger partial charge < -0.3 is 13.9 Å². The number of para-hydroxylation sites is 1. The molecule has 33 heavy (non-hydrogen) atoms. The third kappa shape index (κ3) is 4.72. The highest BCUT2D eigenvalue weighted by Crippen LogP contribution is 2.32. The molecule has 0 saturated heterocycles. The zero-order valence-electron chi connectivity index (χ0n) is 17.5. The Morgan fingerprint density at radius 2 is 1.76 bits per heavy atom. The van der Waals surface area contributed by atoms with Crippen molar-refractivity contribution >= 4 is 45.8 Å². The standard InChI is InChI=1S/C24H17FN2O6/c1-13(28)31-18-10-20(32-14(2)29)22-21(11-18)33-24-15(4-3-5-19(24)23(22)30)12-26-27-17-8-6-16(25)7-9-17/h3-12,27H,1-2H3/b26-12+. The van der Waals surface area contributed by atoms with E-state index < -0.39 is 17.4 Å². The number of nitrogens with zero attached hydrogens (tertiary/aromatic N) is 1. The van der Waals surface area contributed by atoms with E-state index in [0.717, 1.165) is 0 Å². The van der Waals surface area contributed by atoms with Crippen LogP contribution in [0.4, 0.5) is 10.1 Å². The van der Waals surface area contributed by atoms with Crippen LogP contribution < -0.4 is 20.3 Å². The normalized spacial score (nSPS) is 11.1. The number of nitrogens with one attached hydrogen (secondary N) is 1. The summed E-state index contributed by atoms with van der Waals surface area (Å²) in [7, 11) is 0. The van der Waals surface area contributed by atoms with Gasteiger partial charge in [0.25, 0.3) is 0 Å². The number of ether oxygens (including phenoxy) is 2. The first kappa shape index (κ1) is 21.7. The summed E-state index contributed by atoms with van der Waals surface area (Å²) in [6.45, 7) is 2.41. The number of hydrazone groups is 1. The molecule has 0 saturated carbocycles. The van der Waals surface area contributed by atoms with Crippen molar-refractivity contribution in [2.24, 2.45) is 5.10 Å². The van der Waals surface area contributed by atoms with Crippen LogP contribution in [0.2, 0.25) is 0 Å². The molecule has 0 spiro atoms. The van der Waals surface area contributed by atoms with Gasteiger partial charge in [-0.3, -0.25) is 19.8 Å². The molecule has 0 unspecified atom stereocenters. The maximum atomic E-state index is 13.2. The fourth-order valence-corrected chi connectivity index (χ4v) is 3.23. The van der Waals surface area contributed by atoms with E-state index in [4.69, 9.17) is 13.9 Å². The largest absolute Gasteiger partial charge is 0.455 e. The number of hydrogen-bond acceptors (Lipinski definition) is 8. The van der Waals surface area contributed by atoms with E-state index >= 15 is 0 Å². The van der Waals surface area contributed by atoms with E-state index in [9.17, 15) is 18.8 Å². The number of hydrogen-bond donors (Lipinski definition) is 1. The van der Waals surface area contributed by atoms with Crippen LogP contribution in [-0.4, -0.2) is 18.2 Å². The van der Waals surface area contributed by atoms with Gasteiger partial charge in [0.05, 0.1) is 17.3 Å². The molecule has 0 aliphatic carbocycles. The molecule has 0 aliphatic heterocycles. The van der Waals surface area contributed by atoms with Crippen LogP contribution in [0, 0.1) is 5.82 Å². The Hall–Kier alpha value is -4.53. The van der Waals surface area contributed by atoms with Gasteiger partial charge in [0.1, 0.15) is 33.9 Å². The summed E-state index contributed by atoms with van der Waals surface area (Å²) >= 11 is 0. The third-order valence-corrected chi connectivity index (χ3v) is 4.53. The molecule has 1 N–H and O–H groups in total. The lowest BCUT2D eigenvalue weighted by Crippen LogP contribution is -2.10. The van der Waals surface area contributed by atoms with Crippen molar-refractivity contribution < 1.29 is 27.9 Å². The summed E-state index contributed by atoms with van der Waals surface area (Å²) in [5.41, 5.74) is 3.68. The molecule has 9 heteroatoms. The van der Waals surface area contributed by atoms with E-state index in [1.807, 2.05) is 0 Å². The molecule has 0 aliphatic rings. The minimum Gasteiger partial charge on any atom is -0.455 e. The second kappa shape index (κ2) is 8.91. The van der Waals surface area contributed by atoms with Crippen molar-refractivity contribution in [1.82, 2.24) is 0 Å². The highest BCUT2D eigenvalue weighted by molar-refractivity contribution is 6.01. The van der Waals surface area contributed by atoms with Crippen LogP contribution in [0.15, 0.2) is 68.9 Å². The van der Waals surface area contributed by atoms with Crippen molar-refractivity contribution in [1.29, 1.82) is 0 Å². The number of benzene rings is 3. The molecular formula is C24H17FN2O6. The summed E-state index contributed by atoms with van der Waals surface area (Å²) in [6, 6.07) is 13.2. The Morgan fingerprint density at radius 1 is 1.03 bits per heavy atom. The molecule has 4 aromatic rings. The first-order valence-corrected chi connectivity index (χ1v) is 9.77. The number of anilines is 1. The van der Waals surface area contributed by atoms with Crippen LogP contribution in [0.25, 0.3) is 21.9 Å². The maximum absolute atomic E-state index is 13.2. The Balaban J connectivity index is 1.84. The second-order valence-electron chi connectivity index (χ2n) is 7.01. The molecule has 0 amide bonds. The lowest BCUT2D eigenvalue weighted by atomic mass is 10.1. The van der Waals surface area contributed by atoms with E-state index in [2.05, 4.69) is 10.5 Å². The van der Waals surface area contributed by atoms with E-state index in [1.54, 1.807) is 18.2 Å². The monoisotopic (exact) mass is 448 g/mol. The van der Waals surface area contributed by atoms with Gasteiger partial charge in [-0.05, 0) is 36.4 Å². The predicted octanol–water partition coefficient (Wildman–Crippen LogP) is 4.38. The summed E-state index contributed by atoms with van der Waals surface area (Å²) in [5.74, 6) is -1.63. The number of carbonyl (C=O) groups excluding carboxylic acids is 2. The summed E-state index contributed by atoms with van der Waals surface area (Å²) in [5, 5.41) is 4.39. The Morgan fingerprint density at radius 3 is 2.45 bits per heavy atom. The first-order valence-electron chi connectivity index (χ1n) is 9.77. The molecule has 1 aromatic heterocycles. The Labute approximate surface area is 186 Å². The van der Waals surface area contributed by atoms with Crippen LogP contribution in [0.1, 0.15) is 19.4 Å². The summed E-state index contributed by atoms with van der Waals surface area (Å²) < 4.78 is 29.3. The zero-order valence-corrected chi connectivity index (χ0v) is 17.5. The van der Waals surface area contributed by atoms with Crippen LogP contribution in [0.5, 0.6) is 11.5 Å². The van der Waals surface area contributed by atoms with Crippen molar-refractivity contribution in [3.63, 3.8) is 0 Å². The molecular weight excluding hydrogens is 431 g/mol. The fourth-order valence-electron chi connectivity index (χ4n) is 3.23. The van der Waals surface area contributed by atoms with Gasteiger partial charge in [-0.15, -0.1) is 0 Å². The van der Waals surface area contributed by atoms with Gasteiger partial charge in [-0.25, -0.2) is 4.39 Å². The van der Waals surface area contributed by atoms with Gasteiger partial charge in [0, 0.05) is 31.5 Å². The number of halogens is 1. The number of esters is 2. The third-order valence-electron chi connectivity index (χ3n) is 4.53. The molecule has 0 bridgehead atoms. The minimum atomic E-state index is -0.650. The van der Waals surface area contributed by atoms with Crippen LogP contribution >= 0.6 is 0 Å². The van der Waals surface area contributed by atoms with Gasteiger partial charge in [-0.2, -0.15) is 5.10 Å². The molecule has 3 aromatic carbocycles. The maximum Gasteiger partial charge on any atom is 0.308 e. The number of rotatable bonds is 5. The molecule has 8 nitrogen and oxygen atoms in total. The molecule has 166 valence electrons. The van der Waals surface area contributed by atoms with Gasteiger partial charge in [0.15, 0.2) is 0 Å². The summed E-state index contributed by atoms with van der Waals surface area (Å²) in [6.07, 6.45) is 1.45. The second-order valence-corrected chi connectivity index (χ2v) is 7.01. The lowest BCUT2D eigenvalue weighted by molar-refractivity contribution is -0.132. The fraction of sp³-hybridized carbons (Fsp3) is 0.0833. The van der Waals surface area contributed by atoms with Crippen molar-refractivity contribution in [2.75, 3.05) is 5.43 Å². The van der Waals surface area contributed by atoms with Crippen molar-refractivity contribution in [3.05, 3.63) is 76.2 Å². The molecule has 0 fully saturated rings. The number of fused-ring (bicyclic) bond motifs is 2. The Bertz CT molecular complexity index is 1470. The minimum absolute atomic E-state index is 0.0344. The smallest absolute Gasteiger partial charge is 0.308 e. The van der Waals surface area contributed by atoms with Crippen LogP contribution in [-0.2, 0) is 9.59 Å². The van der Waals surface area contributed by atoms with Gasteiger partial charge in [0.2, 0.25) is 5.43 Å². The van der Waals surface area contributed by atoms with Crippen LogP contribution in [0.3, 0.4) is 0 Å². The highest BCUT2D eigenvalue weighted by atomic mass is 19.1. The Kier molecular flexibility index (Phi) is 5.86. The summed E-state index contributed by atoms with van der Waals surface area (Å²) in [4.78, 5) is 36.2. The molecule has 4 rings (SSSR count). The van der Waals surface area contributed by atoms with E-state index in [0.29, 0.717) is 11.3 Å².